The maximum Gasteiger partial charge on any atom is 0.227 e. The van der Waals surface area contributed by atoms with Gasteiger partial charge in [-0.25, -0.2) is 0 Å². The molecule has 1 aliphatic rings. The number of nitrogens with zero attached hydrogens (tertiary/aromatic N) is 3. The highest BCUT2D eigenvalue weighted by atomic mass is 32.1. The van der Waals surface area contributed by atoms with Gasteiger partial charge >= 0.3 is 0 Å². The normalized spacial score (nSPS) is 18.7. The minimum absolute atomic E-state index is 0.0661. The molecule has 3 heterocycles. The SMILES string of the molecule is O=C(Cc1csc2ccccc12)N1CCCCCC1c1ncon1. The van der Waals surface area contributed by atoms with E-state index in [4.69, 9.17) is 4.52 Å². The highest BCUT2D eigenvalue weighted by Gasteiger charge is 2.29. The fourth-order valence-corrected chi connectivity index (χ4v) is 4.40. The summed E-state index contributed by atoms with van der Waals surface area (Å²) >= 11 is 1.69. The lowest BCUT2D eigenvalue weighted by Crippen LogP contribution is -2.36. The molecule has 24 heavy (non-hydrogen) atoms. The van der Waals surface area contributed by atoms with Gasteiger partial charge in [-0.15, -0.1) is 11.3 Å². The van der Waals surface area contributed by atoms with Crippen LogP contribution in [0.2, 0.25) is 0 Å². The van der Waals surface area contributed by atoms with E-state index >= 15 is 0 Å². The number of rotatable bonds is 3. The van der Waals surface area contributed by atoms with Crippen molar-refractivity contribution in [1.82, 2.24) is 15.0 Å². The fraction of sp³-hybridized carbons (Fsp3) is 0.389. The lowest BCUT2D eigenvalue weighted by Gasteiger charge is -2.27. The molecule has 1 aromatic carbocycles. The van der Waals surface area contributed by atoms with E-state index in [1.807, 2.05) is 17.0 Å². The first-order valence-corrected chi connectivity index (χ1v) is 9.22. The van der Waals surface area contributed by atoms with E-state index in [0.717, 1.165) is 37.8 Å². The van der Waals surface area contributed by atoms with E-state index in [0.29, 0.717) is 12.2 Å². The molecule has 1 amide bonds. The van der Waals surface area contributed by atoms with Crippen LogP contribution in [0.3, 0.4) is 0 Å². The second kappa shape index (κ2) is 6.73. The third kappa shape index (κ3) is 2.94. The van der Waals surface area contributed by atoms with Gasteiger partial charge in [0.05, 0.1) is 12.5 Å². The van der Waals surface area contributed by atoms with Gasteiger partial charge in [-0.1, -0.05) is 36.2 Å². The minimum atomic E-state index is -0.0661. The lowest BCUT2D eigenvalue weighted by atomic mass is 10.1. The van der Waals surface area contributed by atoms with Gasteiger partial charge < -0.3 is 9.42 Å². The number of aromatic nitrogens is 2. The van der Waals surface area contributed by atoms with Gasteiger partial charge in [0.15, 0.2) is 5.82 Å². The zero-order valence-corrected chi connectivity index (χ0v) is 14.2. The molecule has 0 spiro atoms. The number of hydrogen-bond acceptors (Lipinski definition) is 5. The summed E-state index contributed by atoms with van der Waals surface area (Å²) in [6.45, 7) is 0.764. The Morgan fingerprint density at radius 3 is 3.08 bits per heavy atom. The summed E-state index contributed by atoms with van der Waals surface area (Å²) in [5.41, 5.74) is 1.11. The van der Waals surface area contributed by atoms with Crippen LogP contribution in [0.25, 0.3) is 10.1 Å². The van der Waals surface area contributed by atoms with Crippen LogP contribution in [-0.2, 0) is 11.2 Å². The zero-order valence-electron chi connectivity index (χ0n) is 13.4. The van der Waals surface area contributed by atoms with Crippen LogP contribution in [0.1, 0.15) is 43.1 Å². The molecule has 124 valence electrons. The Morgan fingerprint density at radius 2 is 2.21 bits per heavy atom. The smallest absolute Gasteiger partial charge is 0.227 e. The van der Waals surface area contributed by atoms with Crippen LogP contribution in [0.5, 0.6) is 0 Å². The summed E-state index contributed by atoms with van der Waals surface area (Å²) in [6, 6.07) is 8.18. The molecule has 4 rings (SSSR count). The molecular weight excluding hydrogens is 322 g/mol. The van der Waals surface area contributed by atoms with Crippen molar-refractivity contribution in [3.63, 3.8) is 0 Å². The molecule has 0 radical (unpaired) electrons. The number of hydrogen-bond donors (Lipinski definition) is 0. The number of thiophene rings is 1. The fourth-order valence-electron chi connectivity index (χ4n) is 3.44. The average molecular weight is 341 g/mol. The van der Waals surface area contributed by atoms with E-state index in [2.05, 4.69) is 27.7 Å². The molecule has 0 saturated carbocycles. The molecule has 5 nitrogen and oxygen atoms in total. The molecule has 0 bridgehead atoms. The maximum absolute atomic E-state index is 13.0. The average Bonchev–Trinajstić information content (AvgIpc) is 3.20. The number of carbonyl (C=O) groups excluding carboxylic acids is 1. The van der Waals surface area contributed by atoms with Crippen molar-refractivity contribution < 1.29 is 9.32 Å². The summed E-state index contributed by atoms with van der Waals surface area (Å²) in [7, 11) is 0. The van der Waals surface area contributed by atoms with Crippen molar-refractivity contribution >= 4 is 27.3 Å². The molecule has 2 aromatic heterocycles. The summed E-state index contributed by atoms with van der Waals surface area (Å²) in [6.07, 6.45) is 5.93. The van der Waals surface area contributed by atoms with Crippen molar-refractivity contribution in [2.24, 2.45) is 0 Å². The van der Waals surface area contributed by atoms with E-state index in [1.54, 1.807) is 11.3 Å². The molecule has 3 aromatic rings. The van der Waals surface area contributed by atoms with E-state index < -0.39 is 0 Å². The van der Waals surface area contributed by atoms with E-state index in [1.165, 1.54) is 16.5 Å². The Hall–Kier alpha value is -2.21. The molecule has 1 atom stereocenters. The molecule has 1 unspecified atom stereocenters. The van der Waals surface area contributed by atoms with Crippen molar-refractivity contribution in [3.05, 3.63) is 47.4 Å². The third-order valence-corrected chi connectivity index (χ3v) is 5.66. The number of benzene rings is 1. The monoisotopic (exact) mass is 341 g/mol. The van der Waals surface area contributed by atoms with E-state index in [9.17, 15) is 4.79 Å². The Bertz CT molecular complexity index is 828. The van der Waals surface area contributed by atoms with Crippen LogP contribution in [-0.4, -0.2) is 27.5 Å². The lowest BCUT2D eigenvalue weighted by molar-refractivity contribution is -0.133. The number of likely N-dealkylation sites (tertiary alicyclic amines) is 1. The molecule has 1 saturated heterocycles. The van der Waals surface area contributed by atoms with Gasteiger partial charge in [-0.05, 0) is 35.2 Å². The third-order valence-electron chi connectivity index (χ3n) is 4.65. The topological polar surface area (TPSA) is 59.2 Å². The first kappa shape index (κ1) is 15.3. The van der Waals surface area contributed by atoms with E-state index in [-0.39, 0.29) is 11.9 Å². The highest BCUT2D eigenvalue weighted by Crippen LogP contribution is 2.30. The summed E-state index contributed by atoms with van der Waals surface area (Å²) < 4.78 is 6.13. The van der Waals surface area contributed by atoms with Crippen molar-refractivity contribution in [2.75, 3.05) is 6.54 Å². The summed E-state index contributed by atoms with van der Waals surface area (Å²) in [5.74, 6) is 0.774. The van der Waals surface area contributed by atoms with Gasteiger partial charge in [0.1, 0.15) is 0 Å². The number of fused-ring (bicyclic) bond motifs is 1. The molecule has 1 aliphatic heterocycles. The van der Waals surface area contributed by atoms with Crippen LogP contribution in [0, 0.1) is 0 Å². The van der Waals surface area contributed by atoms with Gasteiger partial charge in [0.25, 0.3) is 0 Å². The van der Waals surface area contributed by atoms with Crippen molar-refractivity contribution in [1.29, 1.82) is 0 Å². The highest BCUT2D eigenvalue weighted by molar-refractivity contribution is 7.17. The summed E-state index contributed by atoms with van der Waals surface area (Å²) in [4.78, 5) is 19.2. The van der Waals surface area contributed by atoms with Crippen molar-refractivity contribution in [2.45, 2.75) is 38.1 Å². The van der Waals surface area contributed by atoms with Crippen LogP contribution in [0.4, 0.5) is 0 Å². The first-order valence-electron chi connectivity index (χ1n) is 8.34. The first-order chi connectivity index (χ1) is 11.8. The summed E-state index contributed by atoms with van der Waals surface area (Å²) in [5, 5.41) is 7.27. The Kier molecular flexibility index (Phi) is 4.30. The second-order valence-corrected chi connectivity index (χ2v) is 7.09. The minimum Gasteiger partial charge on any atom is -0.343 e. The standard InChI is InChI=1S/C18H19N3O2S/c22-17(10-13-11-24-16-8-4-3-6-14(13)16)21-9-5-1-2-7-15(21)18-19-12-23-20-18/h3-4,6,8,11-12,15H,1-2,5,7,9-10H2. The van der Waals surface area contributed by atoms with Gasteiger partial charge in [-0.2, -0.15) is 4.98 Å². The molecule has 0 aliphatic carbocycles. The van der Waals surface area contributed by atoms with Crippen LogP contribution in [0.15, 0.2) is 40.6 Å². The Labute approximate surface area is 144 Å². The molecular formula is C18H19N3O2S. The largest absolute Gasteiger partial charge is 0.343 e. The molecule has 0 N–H and O–H groups in total. The molecule has 1 fully saturated rings. The number of amides is 1. The Morgan fingerprint density at radius 1 is 1.29 bits per heavy atom. The molecule has 6 heteroatoms. The van der Waals surface area contributed by atoms with Crippen molar-refractivity contribution in [3.8, 4) is 0 Å². The zero-order chi connectivity index (χ0) is 16.4. The van der Waals surface area contributed by atoms with Gasteiger partial charge in [0.2, 0.25) is 12.3 Å². The quantitative estimate of drug-likeness (QED) is 0.723. The predicted molar refractivity (Wildman–Crippen MR) is 92.7 cm³/mol. The van der Waals surface area contributed by atoms with Crippen LogP contribution < -0.4 is 0 Å². The Balaban J connectivity index is 1.59. The predicted octanol–water partition coefficient (Wildman–Crippen LogP) is 3.97. The van der Waals surface area contributed by atoms with Gasteiger partial charge in [0, 0.05) is 11.2 Å². The van der Waals surface area contributed by atoms with Crippen LogP contribution >= 0.6 is 11.3 Å². The van der Waals surface area contributed by atoms with Gasteiger partial charge in [-0.3, -0.25) is 4.79 Å². The maximum atomic E-state index is 13.0. The second-order valence-electron chi connectivity index (χ2n) is 6.18. The number of carbonyl (C=O) groups is 1.